The van der Waals surface area contributed by atoms with Crippen LogP contribution in [0.1, 0.15) is 18.9 Å². The number of aliphatic hydroxyl groups excluding tert-OH is 1. The molecular formula is C10H13N5O. The molecule has 0 radical (unpaired) electrons. The molecule has 3 N–H and O–H groups in total. The zero-order chi connectivity index (χ0) is 11.5. The largest absolute Gasteiger partial charge is 0.383 e. The van der Waals surface area contributed by atoms with E-state index < -0.39 is 12.1 Å². The molecule has 1 heterocycles. The first-order chi connectivity index (χ1) is 7.68. The van der Waals surface area contributed by atoms with Crippen molar-refractivity contribution in [2.24, 2.45) is 5.73 Å². The lowest BCUT2D eigenvalue weighted by molar-refractivity contribution is 0.143. The van der Waals surface area contributed by atoms with Gasteiger partial charge in [-0.15, -0.1) is 15.0 Å². The Kier molecular flexibility index (Phi) is 2.93. The first kappa shape index (κ1) is 10.7. The second kappa shape index (κ2) is 4.38. The van der Waals surface area contributed by atoms with E-state index in [1.54, 1.807) is 6.92 Å². The molecule has 2 rings (SSSR count). The van der Waals surface area contributed by atoms with Gasteiger partial charge in [-0.2, -0.15) is 0 Å². The summed E-state index contributed by atoms with van der Waals surface area (Å²) in [6.07, 6.45) is -0.891. The summed E-state index contributed by atoms with van der Waals surface area (Å²) in [5.74, 6) is 0.235. The average molecular weight is 219 g/mol. The number of nitrogens with two attached hydrogens (primary N) is 1. The molecule has 1 aromatic heterocycles. The lowest BCUT2D eigenvalue weighted by Crippen LogP contribution is -2.25. The first-order valence-corrected chi connectivity index (χ1v) is 4.97. The fourth-order valence-electron chi connectivity index (χ4n) is 1.25. The highest BCUT2D eigenvalue weighted by Gasteiger charge is 2.18. The van der Waals surface area contributed by atoms with Crippen molar-refractivity contribution in [3.63, 3.8) is 0 Å². The van der Waals surface area contributed by atoms with E-state index in [1.807, 2.05) is 30.3 Å². The number of para-hydroxylation sites is 1. The molecule has 0 fully saturated rings. The molecule has 2 aromatic rings. The van der Waals surface area contributed by atoms with Crippen molar-refractivity contribution < 1.29 is 5.11 Å². The molecule has 6 heteroatoms. The van der Waals surface area contributed by atoms with E-state index in [2.05, 4.69) is 15.4 Å². The fourth-order valence-corrected chi connectivity index (χ4v) is 1.25. The normalized spacial score (nSPS) is 14.7. The molecule has 2 atom stereocenters. The third-order valence-electron chi connectivity index (χ3n) is 2.18. The van der Waals surface area contributed by atoms with Gasteiger partial charge in [-0.25, -0.2) is 0 Å². The SMILES string of the molecule is CC(N)C(O)c1nnn(-c2ccccc2)n1. The van der Waals surface area contributed by atoms with Gasteiger partial charge in [0.1, 0.15) is 6.10 Å². The molecule has 0 amide bonds. The topological polar surface area (TPSA) is 89.9 Å². The third kappa shape index (κ3) is 2.07. The minimum absolute atomic E-state index is 0.235. The lowest BCUT2D eigenvalue weighted by Gasteiger charge is -2.08. The maximum atomic E-state index is 9.65. The number of benzene rings is 1. The Balaban J connectivity index is 2.27. The zero-order valence-corrected chi connectivity index (χ0v) is 8.85. The predicted octanol–water partition coefficient (Wildman–Crippen LogP) is 0.0429. The quantitative estimate of drug-likeness (QED) is 0.760. The van der Waals surface area contributed by atoms with Gasteiger partial charge in [-0.3, -0.25) is 0 Å². The molecule has 0 saturated carbocycles. The maximum absolute atomic E-state index is 9.65. The highest BCUT2D eigenvalue weighted by Crippen LogP contribution is 2.10. The van der Waals surface area contributed by atoms with Crippen LogP contribution >= 0.6 is 0 Å². The smallest absolute Gasteiger partial charge is 0.205 e. The molecule has 0 aliphatic heterocycles. The van der Waals surface area contributed by atoms with Crippen LogP contribution in [0.25, 0.3) is 5.69 Å². The minimum atomic E-state index is -0.891. The van der Waals surface area contributed by atoms with Gasteiger partial charge in [0.15, 0.2) is 0 Å². The van der Waals surface area contributed by atoms with Crippen LogP contribution in [0.3, 0.4) is 0 Å². The molecule has 1 aromatic carbocycles. The molecule has 0 bridgehead atoms. The Morgan fingerprint density at radius 1 is 1.31 bits per heavy atom. The maximum Gasteiger partial charge on any atom is 0.205 e. The molecule has 0 spiro atoms. The number of hydrogen-bond donors (Lipinski definition) is 2. The van der Waals surface area contributed by atoms with Gasteiger partial charge >= 0.3 is 0 Å². The van der Waals surface area contributed by atoms with Crippen LogP contribution in [0.5, 0.6) is 0 Å². The van der Waals surface area contributed by atoms with Gasteiger partial charge in [0.05, 0.1) is 5.69 Å². The van der Waals surface area contributed by atoms with Crippen molar-refractivity contribution in [3.8, 4) is 5.69 Å². The monoisotopic (exact) mass is 219 g/mol. The van der Waals surface area contributed by atoms with Crippen LogP contribution in [0, 0.1) is 0 Å². The van der Waals surface area contributed by atoms with E-state index in [1.165, 1.54) is 4.80 Å². The van der Waals surface area contributed by atoms with E-state index in [9.17, 15) is 5.11 Å². The number of aliphatic hydroxyl groups is 1. The minimum Gasteiger partial charge on any atom is -0.383 e. The highest BCUT2D eigenvalue weighted by atomic mass is 16.3. The standard InChI is InChI=1S/C10H13N5O/c1-7(11)9(16)10-12-14-15(13-10)8-5-3-2-4-6-8/h2-7,9,16H,11H2,1H3. The van der Waals surface area contributed by atoms with Crippen molar-refractivity contribution in [2.75, 3.05) is 0 Å². The number of rotatable bonds is 3. The summed E-state index contributed by atoms with van der Waals surface area (Å²) in [5.41, 5.74) is 6.34. The van der Waals surface area contributed by atoms with Crippen molar-refractivity contribution in [1.82, 2.24) is 20.2 Å². The summed E-state index contributed by atoms with van der Waals surface area (Å²) in [6, 6.07) is 8.93. The molecule has 6 nitrogen and oxygen atoms in total. The second-order valence-electron chi connectivity index (χ2n) is 3.58. The summed E-state index contributed by atoms with van der Waals surface area (Å²) in [4.78, 5) is 1.36. The Bertz CT molecular complexity index is 453. The Hall–Kier alpha value is -1.79. The van der Waals surface area contributed by atoms with E-state index >= 15 is 0 Å². The average Bonchev–Trinajstić information content (AvgIpc) is 2.78. The van der Waals surface area contributed by atoms with Crippen LogP contribution in [-0.2, 0) is 0 Å². The van der Waals surface area contributed by atoms with Crippen molar-refractivity contribution in [2.45, 2.75) is 19.1 Å². The number of nitrogens with zero attached hydrogens (tertiary/aromatic N) is 4. The van der Waals surface area contributed by atoms with Crippen LogP contribution < -0.4 is 5.73 Å². The van der Waals surface area contributed by atoms with E-state index in [4.69, 9.17) is 5.73 Å². The zero-order valence-electron chi connectivity index (χ0n) is 8.85. The van der Waals surface area contributed by atoms with Gasteiger partial charge in [0.2, 0.25) is 5.82 Å². The second-order valence-corrected chi connectivity index (χ2v) is 3.58. The van der Waals surface area contributed by atoms with Crippen molar-refractivity contribution in [1.29, 1.82) is 0 Å². The molecule has 84 valence electrons. The van der Waals surface area contributed by atoms with Crippen LogP contribution in [0.15, 0.2) is 30.3 Å². The molecule has 2 unspecified atom stereocenters. The molecular weight excluding hydrogens is 206 g/mol. The highest BCUT2D eigenvalue weighted by molar-refractivity contribution is 5.28. The summed E-state index contributed by atoms with van der Waals surface area (Å²) < 4.78 is 0. The Morgan fingerprint density at radius 2 is 2.00 bits per heavy atom. The summed E-state index contributed by atoms with van der Waals surface area (Å²) >= 11 is 0. The van der Waals surface area contributed by atoms with Gasteiger partial charge in [0.25, 0.3) is 0 Å². The Labute approximate surface area is 92.7 Å². The fraction of sp³-hybridized carbons (Fsp3) is 0.300. The number of tetrazole rings is 1. The van der Waals surface area contributed by atoms with Crippen LogP contribution in [-0.4, -0.2) is 31.4 Å². The van der Waals surface area contributed by atoms with E-state index in [-0.39, 0.29) is 5.82 Å². The number of aromatic nitrogens is 4. The van der Waals surface area contributed by atoms with Gasteiger partial charge in [-0.1, -0.05) is 18.2 Å². The molecule has 0 aliphatic rings. The summed E-state index contributed by atoms with van der Waals surface area (Å²) in [7, 11) is 0. The van der Waals surface area contributed by atoms with Gasteiger partial charge < -0.3 is 10.8 Å². The lowest BCUT2D eigenvalue weighted by atomic mass is 10.2. The number of hydrogen-bond acceptors (Lipinski definition) is 5. The summed E-state index contributed by atoms with van der Waals surface area (Å²) in [5, 5.41) is 21.3. The molecule has 0 saturated heterocycles. The van der Waals surface area contributed by atoms with Gasteiger partial charge in [-0.05, 0) is 24.3 Å². The van der Waals surface area contributed by atoms with Crippen molar-refractivity contribution in [3.05, 3.63) is 36.2 Å². The Morgan fingerprint density at radius 3 is 2.62 bits per heavy atom. The van der Waals surface area contributed by atoms with E-state index in [0.717, 1.165) is 5.69 Å². The van der Waals surface area contributed by atoms with E-state index in [0.29, 0.717) is 0 Å². The first-order valence-electron chi connectivity index (χ1n) is 4.97. The van der Waals surface area contributed by atoms with Crippen molar-refractivity contribution >= 4 is 0 Å². The van der Waals surface area contributed by atoms with Crippen LogP contribution in [0.2, 0.25) is 0 Å². The predicted molar refractivity (Wildman–Crippen MR) is 57.8 cm³/mol. The third-order valence-corrected chi connectivity index (χ3v) is 2.18. The van der Waals surface area contributed by atoms with Crippen LogP contribution in [0.4, 0.5) is 0 Å². The summed E-state index contributed by atoms with van der Waals surface area (Å²) in [6.45, 7) is 1.69. The van der Waals surface area contributed by atoms with Gasteiger partial charge in [0, 0.05) is 6.04 Å². The molecule has 0 aliphatic carbocycles. The molecule has 16 heavy (non-hydrogen) atoms.